The maximum atomic E-state index is 11.8. The van der Waals surface area contributed by atoms with Crippen LogP contribution in [-0.2, 0) is 16.1 Å². The summed E-state index contributed by atoms with van der Waals surface area (Å²) in [5.41, 5.74) is 0.919. The maximum Gasteiger partial charge on any atom is 0.306 e. The SMILES string of the molecule is CC[C@H](C)CCCCCCCCCCC/C=C\C/C=C\C/C=C\C/C=C\C/C=C\CC/C=C\CCCC(=O)OCc1cccnc1. The third-order valence-corrected chi connectivity index (χ3v) is 8.23. The van der Waals surface area contributed by atoms with Gasteiger partial charge in [0.1, 0.15) is 6.61 Å². The van der Waals surface area contributed by atoms with Crippen molar-refractivity contribution in [2.45, 2.75) is 155 Å². The van der Waals surface area contributed by atoms with Crippen LogP contribution >= 0.6 is 0 Å². The van der Waals surface area contributed by atoms with Gasteiger partial charge in [-0.15, -0.1) is 0 Å². The molecular weight excluding hydrogens is 562 g/mol. The van der Waals surface area contributed by atoms with E-state index in [2.05, 4.69) is 91.7 Å². The predicted octanol–water partition coefficient (Wildman–Crippen LogP) is 13.3. The number of hydrogen-bond acceptors (Lipinski definition) is 3. The first-order valence-corrected chi connectivity index (χ1v) is 18.7. The van der Waals surface area contributed by atoms with E-state index in [-0.39, 0.29) is 5.97 Å². The van der Waals surface area contributed by atoms with Gasteiger partial charge >= 0.3 is 5.97 Å². The van der Waals surface area contributed by atoms with Crippen molar-refractivity contribution in [3.8, 4) is 0 Å². The molecule has 3 nitrogen and oxygen atoms in total. The molecule has 3 heteroatoms. The summed E-state index contributed by atoms with van der Waals surface area (Å²) in [6, 6.07) is 3.75. The van der Waals surface area contributed by atoms with E-state index in [9.17, 15) is 4.79 Å². The standard InChI is InChI=1S/C43H67NO2/c1-3-41(2)35-32-30-28-26-24-22-20-18-16-14-12-10-8-6-4-5-7-9-11-13-15-17-19-21-23-25-27-29-31-33-37-43(45)46-40-42-36-34-38-44-39-42/h4,6-7,9-10,12-13,15,19,21,27,29,34,36,38-39,41H,3,5,8,11,14,16-18,20,22-26,28,30-33,35,37,40H2,1-2H3/b6-4-,9-7-,12-10-,15-13-,21-19-,29-27-/t41-/m0/s1. The number of carbonyl (C=O) groups is 1. The third-order valence-electron chi connectivity index (χ3n) is 8.23. The number of nitrogens with zero attached hydrogens (tertiary/aromatic N) is 1. The normalized spacial score (nSPS) is 13.1. The van der Waals surface area contributed by atoms with Crippen molar-refractivity contribution in [2.75, 3.05) is 0 Å². The van der Waals surface area contributed by atoms with Crippen LogP contribution in [0.3, 0.4) is 0 Å². The van der Waals surface area contributed by atoms with Crippen LogP contribution in [-0.4, -0.2) is 11.0 Å². The minimum absolute atomic E-state index is 0.145. The molecule has 1 aromatic rings. The van der Waals surface area contributed by atoms with E-state index in [0.29, 0.717) is 13.0 Å². The summed E-state index contributed by atoms with van der Waals surface area (Å²) in [7, 11) is 0. The number of pyridine rings is 1. The van der Waals surface area contributed by atoms with Crippen LogP contribution in [0.5, 0.6) is 0 Å². The van der Waals surface area contributed by atoms with Gasteiger partial charge < -0.3 is 4.74 Å². The van der Waals surface area contributed by atoms with Crippen molar-refractivity contribution in [1.29, 1.82) is 0 Å². The summed E-state index contributed by atoms with van der Waals surface area (Å²) in [5.74, 6) is 0.777. The maximum absolute atomic E-state index is 11.8. The lowest BCUT2D eigenvalue weighted by Gasteiger charge is -2.07. The zero-order chi connectivity index (χ0) is 33.0. The first-order valence-electron chi connectivity index (χ1n) is 18.7. The van der Waals surface area contributed by atoms with E-state index < -0.39 is 0 Å². The van der Waals surface area contributed by atoms with Crippen molar-refractivity contribution < 1.29 is 9.53 Å². The van der Waals surface area contributed by atoms with Gasteiger partial charge in [0.15, 0.2) is 0 Å². The van der Waals surface area contributed by atoms with Gasteiger partial charge in [-0.1, -0.05) is 157 Å². The number of rotatable bonds is 30. The molecule has 0 saturated carbocycles. The average Bonchev–Trinajstić information content (AvgIpc) is 3.08. The largest absolute Gasteiger partial charge is 0.461 e. The Labute approximate surface area is 284 Å². The molecule has 0 spiro atoms. The Morgan fingerprint density at radius 2 is 1.13 bits per heavy atom. The first-order chi connectivity index (χ1) is 22.7. The summed E-state index contributed by atoms with van der Waals surface area (Å²) >= 11 is 0. The van der Waals surface area contributed by atoms with Crippen LogP contribution in [0.15, 0.2) is 97.4 Å². The van der Waals surface area contributed by atoms with Gasteiger partial charge in [-0.2, -0.15) is 0 Å². The van der Waals surface area contributed by atoms with Crippen LogP contribution in [0.1, 0.15) is 154 Å². The fourth-order valence-electron chi connectivity index (χ4n) is 5.03. The highest BCUT2D eigenvalue weighted by atomic mass is 16.5. The molecule has 0 unspecified atom stereocenters. The fraction of sp³-hybridized carbons (Fsp3) is 0.581. The van der Waals surface area contributed by atoms with Gasteiger partial charge in [0.25, 0.3) is 0 Å². The zero-order valence-corrected chi connectivity index (χ0v) is 29.6. The number of hydrogen-bond donors (Lipinski definition) is 0. The molecule has 0 saturated heterocycles. The molecule has 1 atom stereocenters. The molecule has 46 heavy (non-hydrogen) atoms. The van der Waals surface area contributed by atoms with Gasteiger partial charge in [-0.3, -0.25) is 9.78 Å². The molecule has 0 aliphatic carbocycles. The molecule has 1 rings (SSSR count). The average molecular weight is 630 g/mol. The molecule has 0 aliphatic rings. The molecule has 256 valence electrons. The molecule has 0 fully saturated rings. The number of carbonyl (C=O) groups excluding carboxylic acids is 1. The molecule has 0 bridgehead atoms. The number of aromatic nitrogens is 1. The first kappa shape index (κ1) is 41.1. The second-order valence-electron chi connectivity index (χ2n) is 12.5. The second-order valence-corrected chi connectivity index (χ2v) is 12.5. The minimum Gasteiger partial charge on any atom is -0.461 e. The highest BCUT2D eigenvalue weighted by Gasteiger charge is 2.02. The van der Waals surface area contributed by atoms with Crippen molar-refractivity contribution in [3.63, 3.8) is 0 Å². The molecule has 0 aliphatic heterocycles. The lowest BCUT2D eigenvalue weighted by atomic mass is 9.99. The lowest BCUT2D eigenvalue weighted by Crippen LogP contribution is -2.04. The zero-order valence-electron chi connectivity index (χ0n) is 29.6. The Kier molecular flexibility index (Phi) is 29.9. The third kappa shape index (κ3) is 29.8. The molecule has 0 radical (unpaired) electrons. The van der Waals surface area contributed by atoms with E-state index in [1.807, 2.05) is 12.1 Å². The van der Waals surface area contributed by atoms with Crippen LogP contribution in [0, 0.1) is 5.92 Å². The minimum atomic E-state index is -0.145. The van der Waals surface area contributed by atoms with E-state index in [1.165, 1.54) is 77.0 Å². The summed E-state index contributed by atoms with van der Waals surface area (Å²) in [4.78, 5) is 15.8. The van der Waals surface area contributed by atoms with E-state index in [0.717, 1.165) is 62.8 Å². The topological polar surface area (TPSA) is 39.2 Å². The van der Waals surface area contributed by atoms with Crippen LogP contribution in [0.2, 0.25) is 0 Å². The van der Waals surface area contributed by atoms with Gasteiger partial charge in [0.2, 0.25) is 0 Å². The van der Waals surface area contributed by atoms with Gasteiger partial charge in [0.05, 0.1) is 0 Å². The Hall–Kier alpha value is -2.94. The van der Waals surface area contributed by atoms with Gasteiger partial charge in [-0.05, 0) is 76.2 Å². The molecule has 1 heterocycles. The number of unbranched alkanes of at least 4 members (excludes halogenated alkanes) is 11. The Bertz CT molecular complexity index is 985. The fourth-order valence-corrected chi connectivity index (χ4v) is 5.03. The Morgan fingerprint density at radius 3 is 1.70 bits per heavy atom. The van der Waals surface area contributed by atoms with Gasteiger partial charge in [-0.25, -0.2) is 0 Å². The Balaban J connectivity index is 1.83. The monoisotopic (exact) mass is 630 g/mol. The molecular formula is C43H67NO2. The van der Waals surface area contributed by atoms with Crippen molar-refractivity contribution in [3.05, 3.63) is 103 Å². The van der Waals surface area contributed by atoms with Crippen LogP contribution in [0.25, 0.3) is 0 Å². The highest BCUT2D eigenvalue weighted by Crippen LogP contribution is 2.15. The summed E-state index contributed by atoms with van der Waals surface area (Å²) in [6.45, 7) is 5.00. The van der Waals surface area contributed by atoms with Crippen molar-refractivity contribution in [2.24, 2.45) is 5.92 Å². The Morgan fingerprint density at radius 1 is 0.652 bits per heavy atom. The summed E-state index contributed by atoms with van der Waals surface area (Å²) < 4.78 is 5.27. The van der Waals surface area contributed by atoms with Crippen molar-refractivity contribution in [1.82, 2.24) is 4.98 Å². The second kappa shape index (κ2) is 33.4. The quantitative estimate of drug-likeness (QED) is 0.0483. The van der Waals surface area contributed by atoms with Crippen LogP contribution < -0.4 is 0 Å². The number of ether oxygens (including phenoxy) is 1. The smallest absolute Gasteiger partial charge is 0.306 e. The van der Waals surface area contributed by atoms with E-state index in [4.69, 9.17) is 4.74 Å². The number of esters is 1. The molecule has 1 aromatic heterocycles. The predicted molar refractivity (Wildman–Crippen MR) is 201 cm³/mol. The highest BCUT2D eigenvalue weighted by molar-refractivity contribution is 5.69. The number of allylic oxidation sites excluding steroid dienone is 12. The molecule has 0 N–H and O–H groups in total. The summed E-state index contributed by atoms with van der Waals surface area (Å²) in [5, 5.41) is 0. The van der Waals surface area contributed by atoms with Crippen LogP contribution in [0.4, 0.5) is 0 Å². The molecule has 0 aromatic carbocycles. The molecule has 0 amide bonds. The van der Waals surface area contributed by atoms with E-state index >= 15 is 0 Å². The van der Waals surface area contributed by atoms with E-state index in [1.54, 1.807) is 12.4 Å². The van der Waals surface area contributed by atoms with Gasteiger partial charge in [0, 0.05) is 24.4 Å². The lowest BCUT2D eigenvalue weighted by molar-refractivity contribution is -0.145. The summed E-state index contributed by atoms with van der Waals surface area (Å²) in [6.07, 6.45) is 55.6. The van der Waals surface area contributed by atoms with Crippen molar-refractivity contribution >= 4 is 5.97 Å².